The molecule has 2 aliphatic rings. The Balaban J connectivity index is 1.13. The van der Waals surface area contributed by atoms with Gasteiger partial charge in [-0.3, -0.25) is 4.79 Å². The quantitative estimate of drug-likeness (QED) is 0.309. The van der Waals surface area contributed by atoms with Gasteiger partial charge >= 0.3 is 5.97 Å². The lowest BCUT2D eigenvalue weighted by Gasteiger charge is -2.36. The monoisotopic (exact) mass is 576 g/mol. The number of carboxylic acids is 1. The number of aromatic carboxylic acids is 1. The normalized spacial score (nSPS) is 18.9. The number of benzene rings is 1. The summed E-state index contributed by atoms with van der Waals surface area (Å²) in [7, 11) is 0. The summed E-state index contributed by atoms with van der Waals surface area (Å²) in [6.07, 6.45) is 3.02. The molecule has 1 saturated carbocycles. The fourth-order valence-electron chi connectivity index (χ4n) is 5.28. The highest BCUT2D eigenvalue weighted by Gasteiger charge is 2.37. The molecule has 1 aliphatic carbocycles. The van der Waals surface area contributed by atoms with Gasteiger partial charge in [0.25, 0.3) is 0 Å². The largest absolute Gasteiger partial charge is 0.489 e. The van der Waals surface area contributed by atoms with Crippen LogP contribution in [0.3, 0.4) is 0 Å². The average molecular weight is 577 g/mol. The molecule has 11 heteroatoms. The van der Waals surface area contributed by atoms with Gasteiger partial charge in [0.05, 0.1) is 22.9 Å². The van der Waals surface area contributed by atoms with Crippen molar-refractivity contribution in [3.63, 3.8) is 0 Å². The summed E-state index contributed by atoms with van der Waals surface area (Å²) in [5.74, 6) is -1.21. The van der Waals surface area contributed by atoms with Crippen LogP contribution in [0.1, 0.15) is 51.5 Å². The van der Waals surface area contributed by atoms with E-state index in [1.807, 2.05) is 37.3 Å². The molecule has 0 radical (unpaired) electrons. The zero-order valence-corrected chi connectivity index (χ0v) is 23.2. The molecular formula is C30H29FN4O5S. The predicted molar refractivity (Wildman–Crippen MR) is 150 cm³/mol. The van der Waals surface area contributed by atoms with Gasteiger partial charge < -0.3 is 19.8 Å². The number of hydrogen-bond acceptors (Lipinski definition) is 7. The number of thiophene rings is 1. The van der Waals surface area contributed by atoms with E-state index in [1.165, 1.54) is 11.3 Å². The first-order valence-corrected chi connectivity index (χ1v) is 14.3. The second-order valence-electron chi connectivity index (χ2n) is 10.5. The van der Waals surface area contributed by atoms with Crippen molar-refractivity contribution in [2.75, 3.05) is 13.1 Å². The lowest BCUT2D eigenvalue weighted by Crippen LogP contribution is -2.46. The zero-order chi connectivity index (χ0) is 28.7. The number of amides is 1. The van der Waals surface area contributed by atoms with Gasteiger partial charge in [-0.25, -0.2) is 9.78 Å². The maximum atomic E-state index is 14.6. The molecule has 6 rings (SSSR count). The van der Waals surface area contributed by atoms with E-state index in [2.05, 4.69) is 10.1 Å². The Morgan fingerprint density at radius 3 is 2.61 bits per heavy atom. The molecule has 9 nitrogen and oxygen atoms in total. The smallest absolute Gasteiger partial charge is 0.342 e. The molecule has 41 heavy (non-hydrogen) atoms. The maximum absolute atomic E-state index is 14.6. The van der Waals surface area contributed by atoms with Crippen LogP contribution in [0.15, 0.2) is 54.7 Å². The molecule has 1 amide bonds. The van der Waals surface area contributed by atoms with Crippen LogP contribution in [0, 0.1) is 18.8 Å². The SMILES string of the molecule is Cc1cc(COc2ccc(C3CCN(C(=O)C4CC4)CC3O)cc2)c(-c2cccc(-n3ncc(C(=O)O)c3F)n2)s1. The molecular weight excluding hydrogens is 547 g/mol. The van der Waals surface area contributed by atoms with Crippen LogP contribution in [0.5, 0.6) is 5.75 Å². The van der Waals surface area contributed by atoms with Crippen LogP contribution in [0.2, 0.25) is 0 Å². The van der Waals surface area contributed by atoms with Crippen LogP contribution < -0.4 is 4.74 Å². The van der Waals surface area contributed by atoms with E-state index in [0.717, 1.165) is 51.0 Å². The number of carbonyl (C=O) groups excluding carboxylic acids is 1. The van der Waals surface area contributed by atoms with Gasteiger partial charge in [-0.1, -0.05) is 18.2 Å². The number of likely N-dealkylation sites (tertiary alicyclic amines) is 1. The second kappa shape index (κ2) is 11.1. The lowest BCUT2D eigenvalue weighted by molar-refractivity contribution is -0.136. The van der Waals surface area contributed by atoms with Gasteiger partial charge in [-0.2, -0.15) is 14.2 Å². The highest BCUT2D eigenvalue weighted by molar-refractivity contribution is 7.15. The van der Waals surface area contributed by atoms with Crippen LogP contribution in [-0.2, 0) is 11.4 Å². The van der Waals surface area contributed by atoms with Crippen molar-refractivity contribution in [1.82, 2.24) is 19.7 Å². The highest BCUT2D eigenvalue weighted by Crippen LogP contribution is 2.36. The molecule has 212 valence electrons. The van der Waals surface area contributed by atoms with Crippen molar-refractivity contribution in [3.05, 3.63) is 82.2 Å². The Hall–Kier alpha value is -4.09. The first-order valence-electron chi connectivity index (χ1n) is 13.5. The van der Waals surface area contributed by atoms with Crippen molar-refractivity contribution in [2.45, 2.75) is 44.8 Å². The summed E-state index contributed by atoms with van der Waals surface area (Å²) in [5.41, 5.74) is 2.01. The van der Waals surface area contributed by atoms with Gasteiger partial charge in [0.15, 0.2) is 5.82 Å². The standard InChI is InChI=1S/C30H29FN4O5S/c1-17-13-20(27(41-17)24-3-2-4-26(33-24)35-28(31)23(14-32-35)30(38)39)16-40-21-9-7-18(8-10-21)22-11-12-34(15-25(22)36)29(37)19-5-6-19/h2-4,7-10,13-14,19,22,25,36H,5-6,11-12,15-16H2,1H3,(H,38,39). The van der Waals surface area contributed by atoms with Crippen LogP contribution in [0.25, 0.3) is 16.4 Å². The van der Waals surface area contributed by atoms with Crippen molar-refractivity contribution in [2.24, 2.45) is 5.92 Å². The predicted octanol–water partition coefficient (Wildman–Crippen LogP) is 4.81. The molecule has 1 saturated heterocycles. The minimum absolute atomic E-state index is 0.0250. The number of nitrogens with zero attached hydrogens (tertiary/aromatic N) is 4. The average Bonchev–Trinajstić information content (AvgIpc) is 3.64. The van der Waals surface area contributed by atoms with E-state index in [1.54, 1.807) is 23.1 Å². The number of β-amino-alcohol motifs (C(OH)–C–C–N with tert-alkyl or cyclic N) is 1. The Labute approximate surface area is 239 Å². The van der Waals surface area contributed by atoms with E-state index in [9.17, 15) is 19.1 Å². The molecule has 1 aliphatic heterocycles. The number of piperidine rings is 1. The number of halogens is 1. The van der Waals surface area contributed by atoms with Crippen molar-refractivity contribution in [3.8, 4) is 22.1 Å². The number of aromatic nitrogens is 3. The third kappa shape index (κ3) is 5.59. The summed E-state index contributed by atoms with van der Waals surface area (Å²) in [4.78, 5) is 31.9. The van der Waals surface area contributed by atoms with E-state index >= 15 is 0 Å². The van der Waals surface area contributed by atoms with Crippen LogP contribution in [-0.4, -0.2) is 60.9 Å². The van der Waals surface area contributed by atoms with Crippen molar-refractivity contribution < 1.29 is 28.9 Å². The van der Waals surface area contributed by atoms with Crippen LogP contribution in [0.4, 0.5) is 4.39 Å². The maximum Gasteiger partial charge on any atom is 0.342 e. The summed E-state index contributed by atoms with van der Waals surface area (Å²) < 4.78 is 21.6. The molecule has 0 spiro atoms. The minimum Gasteiger partial charge on any atom is -0.489 e. The molecule has 4 heterocycles. The van der Waals surface area contributed by atoms with E-state index in [-0.39, 0.29) is 30.2 Å². The number of aryl methyl sites for hydroxylation is 1. The molecule has 2 unspecified atom stereocenters. The fraction of sp³-hybridized carbons (Fsp3) is 0.333. The Bertz CT molecular complexity index is 1600. The number of aliphatic hydroxyl groups excluding tert-OH is 1. The number of aliphatic hydroxyl groups is 1. The third-order valence-electron chi connectivity index (χ3n) is 7.58. The second-order valence-corrected chi connectivity index (χ2v) is 11.8. The first-order chi connectivity index (χ1) is 19.8. The topological polar surface area (TPSA) is 118 Å². The van der Waals surface area contributed by atoms with Crippen LogP contribution >= 0.6 is 11.3 Å². The van der Waals surface area contributed by atoms with E-state index in [4.69, 9.17) is 9.84 Å². The molecule has 3 aromatic heterocycles. The molecule has 2 N–H and O–H groups in total. The molecule has 0 bridgehead atoms. The molecule has 1 aromatic carbocycles. The lowest BCUT2D eigenvalue weighted by atomic mass is 9.87. The zero-order valence-electron chi connectivity index (χ0n) is 22.4. The minimum atomic E-state index is -1.40. The Kier molecular flexibility index (Phi) is 7.31. The van der Waals surface area contributed by atoms with Gasteiger partial charge in [0, 0.05) is 35.4 Å². The molecule has 2 fully saturated rings. The number of rotatable bonds is 8. The number of ether oxygens (including phenoxy) is 1. The van der Waals surface area contributed by atoms with Crippen molar-refractivity contribution >= 4 is 23.2 Å². The van der Waals surface area contributed by atoms with E-state index < -0.39 is 23.6 Å². The van der Waals surface area contributed by atoms with Gasteiger partial charge in [0.2, 0.25) is 11.9 Å². The van der Waals surface area contributed by atoms with Gasteiger partial charge in [-0.15, -0.1) is 11.3 Å². The Morgan fingerprint density at radius 1 is 1.15 bits per heavy atom. The van der Waals surface area contributed by atoms with Gasteiger partial charge in [-0.05, 0) is 62.1 Å². The Morgan fingerprint density at radius 2 is 1.93 bits per heavy atom. The van der Waals surface area contributed by atoms with Crippen molar-refractivity contribution in [1.29, 1.82) is 0 Å². The first kappa shape index (κ1) is 27.1. The number of carboxylic acid groups (broad SMARTS) is 1. The summed E-state index contributed by atoms with van der Waals surface area (Å²) >= 11 is 1.53. The number of carbonyl (C=O) groups is 2. The van der Waals surface area contributed by atoms with Gasteiger partial charge in [0.1, 0.15) is 17.9 Å². The fourth-order valence-corrected chi connectivity index (χ4v) is 6.27. The summed E-state index contributed by atoms with van der Waals surface area (Å²) in [5, 5.41) is 23.8. The van der Waals surface area contributed by atoms with E-state index in [0.29, 0.717) is 24.5 Å². The number of pyridine rings is 1. The molecule has 2 atom stereocenters. The highest BCUT2D eigenvalue weighted by atomic mass is 32.1. The molecule has 4 aromatic rings. The summed E-state index contributed by atoms with van der Waals surface area (Å²) in [6, 6.07) is 14.8. The third-order valence-corrected chi connectivity index (χ3v) is 8.70. The summed E-state index contributed by atoms with van der Waals surface area (Å²) in [6.45, 7) is 3.31. The number of hydrogen-bond donors (Lipinski definition) is 2.